The number of carbonyl (C=O) groups is 2. The molecule has 0 fully saturated rings. The Bertz CT molecular complexity index is 736. The highest BCUT2D eigenvalue weighted by Gasteiger charge is 2.29. The van der Waals surface area contributed by atoms with Gasteiger partial charge >= 0.3 is 0 Å². The summed E-state index contributed by atoms with van der Waals surface area (Å²) in [6, 6.07) is 5.38. The topological polar surface area (TPSA) is 80.4 Å². The van der Waals surface area contributed by atoms with Crippen LogP contribution >= 0.6 is 0 Å². The molecule has 3 heterocycles. The molecule has 1 N–H and O–H groups in total. The normalized spacial score (nSPS) is 16.6. The fourth-order valence-electron chi connectivity index (χ4n) is 3.18. The lowest BCUT2D eigenvalue weighted by Gasteiger charge is -2.34. The van der Waals surface area contributed by atoms with Crippen LogP contribution in [0.2, 0.25) is 0 Å². The van der Waals surface area contributed by atoms with E-state index in [1.54, 1.807) is 18.5 Å². The Morgan fingerprint density at radius 2 is 2.23 bits per heavy atom. The molecule has 3 rings (SSSR count). The highest BCUT2D eigenvalue weighted by Crippen LogP contribution is 2.24. The first-order valence-corrected chi connectivity index (χ1v) is 9.12. The largest absolute Gasteiger partial charge is 0.467 e. The minimum atomic E-state index is -0.145. The van der Waals surface area contributed by atoms with E-state index in [0.717, 1.165) is 12.1 Å². The SMILES string of the molecule is CC(C)CCC(=O)N1Cc2ccnn2[C@H](CC(=O)NCc2ccco2)C1. The van der Waals surface area contributed by atoms with Crippen LogP contribution in [0.4, 0.5) is 0 Å². The molecule has 0 aliphatic carbocycles. The van der Waals surface area contributed by atoms with Gasteiger partial charge < -0.3 is 14.6 Å². The standard InChI is InChI=1S/C19H26N4O3/c1-14(2)5-6-19(25)22-12-15-7-8-21-23(15)16(13-22)10-18(24)20-11-17-4-3-9-26-17/h3-4,7-9,14,16H,5-6,10-13H2,1-2H3,(H,20,24)/t16-/m1/s1. The van der Waals surface area contributed by atoms with Crippen molar-refractivity contribution in [1.82, 2.24) is 20.0 Å². The average molecular weight is 358 g/mol. The molecule has 2 aromatic rings. The first-order chi connectivity index (χ1) is 12.5. The third-order valence-corrected chi connectivity index (χ3v) is 4.63. The van der Waals surface area contributed by atoms with E-state index in [9.17, 15) is 9.59 Å². The second-order valence-electron chi connectivity index (χ2n) is 7.19. The molecule has 0 unspecified atom stereocenters. The van der Waals surface area contributed by atoms with Crippen molar-refractivity contribution in [3.63, 3.8) is 0 Å². The van der Waals surface area contributed by atoms with E-state index in [1.165, 1.54) is 0 Å². The fourth-order valence-corrected chi connectivity index (χ4v) is 3.18. The Balaban J connectivity index is 1.60. The summed E-state index contributed by atoms with van der Waals surface area (Å²) in [6.45, 7) is 5.66. The van der Waals surface area contributed by atoms with Gasteiger partial charge in [0, 0.05) is 19.2 Å². The zero-order valence-corrected chi connectivity index (χ0v) is 15.4. The molecule has 0 saturated heterocycles. The van der Waals surface area contributed by atoms with E-state index < -0.39 is 0 Å². The van der Waals surface area contributed by atoms with Gasteiger partial charge in [-0.3, -0.25) is 14.3 Å². The van der Waals surface area contributed by atoms with Crippen LogP contribution in [0.5, 0.6) is 0 Å². The van der Waals surface area contributed by atoms with Crippen molar-refractivity contribution in [3.8, 4) is 0 Å². The van der Waals surface area contributed by atoms with Crippen LogP contribution in [0.1, 0.15) is 50.6 Å². The van der Waals surface area contributed by atoms with E-state index >= 15 is 0 Å². The number of amides is 2. The zero-order valence-electron chi connectivity index (χ0n) is 15.4. The molecule has 0 radical (unpaired) electrons. The molecule has 0 saturated carbocycles. The molecule has 26 heavy (non-hydrogen) atoms. The zero-order chi connectivity index (χ0) is 18.5. The van der Waals surface area contributed by atoms with Crippen molar-refractivity contribution in [2.24, 2.45) is 5.92 Å². The van der Waals surface area contributed by atoms with Crippen LogP contribution in [0.25, 0.3) is 0 Å². The quantitative estimate of drug-likeness (QED) is 0.825. The monoisotopic (exact) mass is 358 g/mol. The van der Waals surface area contributed by atoms with E-state index in [2.05, 4.69) is 24.3 Å². The van der Waals surface area contributed by atoms with Crippen molar-refractivity contribution in [1.29, 1.82) is 0 Å². The first-order valence-electron chi connectivity index (χ1n) is 9.12. The van der Waals surface area contributed by atoms with Crippen LogP contribution in [-0.4, -0.2) is 33.0 Å². The van der Waals surface area contributed by atoms with Crippen molar-refractivity contribution >= 4 is 11.8 Å². The maximum Gasteiger partial charge on any atom is 0.223 e. The minimum absolute atomic E-state index is 0.0793. The van der Waals surface area contributed by atoms with Crippen LogP contribution in [0.3, 0.4) is 0 Å². The van der Waals surface area contributed by atoms with Crippen LogP contribution in [-0.2, 0) is 22.7 Å². The van der Waals surface area contributed by atoms with Crippen LogP contribution < -0.4 is 5.32 Å². The summed E-state index contributed by atoms with van der Waals surface area (Å²) >= 11 is 0. The van der Waals surface area contributed by atoms with Gasteiger partial charge in [0.25, 0.3) is 0 Å². The van der Waals surface area contributed by atoms with Gasteiger partial charge in [-0.25, -0.2) is 0 Å². The third-order valence-electron chi connectivity index (χ3n) is 4.63. The number of furan rings is 1. The number of aromatic nitrogens is 2. The second kappa shape index (κ2) is 8.21. The summed E-state index contributed by atoms with van der Waals surface area (Å²) in [6.07, 6.45) is 5.01. The molecular weight excluding hydrogens is 332 g/mol. The second-order valence-corrected chi connectivity index (χ2v) is 7.19. The molecule has 0 bridgehead atoms. The molecule has 2 aromatic heterocycles. The number of rotatable bonds is 7. The average Bonchev–Trinajstić information content (AvgIpc) is 3.29. The molecule has 1 aliphatic rings. The van der Waals surface area contributed by atoms with E-state index in [1.807, 2.05) is 21.7 Å². The maximum atomic E-state index is 12.5. The predicted molar refractivity (Wildman–Crippen MR) is 95.9 cm³/mol. The van der Waals surface area contributed by atoms with Gasteiger partial charge in [-0.15, -0.1) is 0 Å². The summed E-state index contributed by atoms with van der Waals surface area (Å²) in [4.78, 5) is 26.7. The third kappa shape index (κ3) is 4.53. The van der Waals surface area contributed by atoms with E-state index in [-0.39, 0.29) is 24.3 Å². The van der Waals surface area contributed by atoms with Crippen molar-refractivity contribution < 1.29 is 14.0 Å². The Morgan fingerprint density at radius 1 is 1.38 bits per heavy atom. The van der Waals surface area contributed by atoms with E-state index in [0.29, 0.717) is 37.7 Å². The smallest absolute Gasteiger partial charge is 0.223 e. The molecule has 7 heteroatoms. The number of carbonyl (C=O) groups excluding carboxylic acids is 2. The number of fused-ring (bicyclic) bond motifs is 1. The van der Waals surface area contributed by atoms with Crippen molar-refractivity contribution in [2.45, 2.75) is 52.2 Å². The van der Waals surface area contributed by atoms with Gasteiger partial charge in [-0.05, 0) is 30.5 Å². The molecule has 7 nitrogen and oxygen atoms in total. The summed E-state index contributed by atoms with van der Waals surface area (Å²) in [5, 5.41) is 7.21. The van der Waals surface area contributed by atoms with Gasteiger partial charge in [0.2, 0.25) is 11.8 Å². The minimum Gasteiger partial charge on any atom is -0.467 e. The molecule has 1 aliphatic heterocycles. The maximum absolute atomic E-state index is 12.5. The lowest BCUT2D eigenvalue weighted by Crippen LogP contribution is -2.42. The van der Waals surface area contributed by atoms with Gasteiger partial charge in [-0.1, -0.05) is 13.8 Å². The Hall–Kier alpha value is -2.57. The fraction of sp³-hybridized carbons (Fsp3) is 0.526. The van der Waals surface area contributed by atoms with Gasteiger partial charge in [-0.2, -0.15) is 5.10 Å². The molecule has 140 valence electrons. The number of nitrogens with one attached hydrogen (secondary N) is 1. The number of hydrogen-bond donors (Lipinski definition) is 1. The Labute approximate surface area is 153 Å². The molecule has 1 atom stereocenters. The first kappa shape index (κ1) is 18.2. The summed E-state index contributed by atoms with van der Waals surface area (Å²) in [7, 11) is 0. The summed E-state index contributed by atoms with van der Waals surface area (Å²) in [5.74, 6) is 1.28. The molecule has 0 spiro atoms. The van der Waals surface area contributed by atoms with E-state index in [4.69, 9.17) is 4.42 Å². The van der Waals surface area contributed by atoms with Gasteiger partial charge in [0.15, 0.2) is 0 Å². The molecule has 0 aromatic carbocycles. The van der Waals surface area contributed by atoms with Crippen molar-refractivity contribution in [3.05, 3.63) is 42.1 Å². The van der Waals surface area contributed by atoms with Crippen LogP contribution in [0.15, 0.2) is 35.1 Å². The molecule has 2 amide bonds. The Kier molecular flexibility index (Phi) is 5.75. The number of hydrogen-bond acceptors (Lipinski definition) is 4. The van der Waals surface area contributed by atoms with Crippen LogP contribution in [0, 0.1) is 5.92 Å². The van der Waals surface area contributed by atoms with Crippen molar-refractivity contribution in [2.75, 3.05) is 6.54 Å². The van der Waals surface area contributed by atoms with Gasteiger partial charge in [0.1, 0.15) is 5.76 Å². The lowest BCUT2D eigenvalue weighted by atomic mass is 10.1. The molecular formula is C19H26N4O3. The van der Waals surface area contributed by atoms with Gasteiger partial charge in [0.05, 0.1) is 37.5 Å². The summed E-state index contributed by atoms with van der Waals surface area (Å²) < 4.78 is 7.10. The number of nitrogens with zero attached hydrogens (tertiary/aromatic N) is 3. The summed E-state index contributed by atoms with van der Waals surface area (Å²) in [5.41, 5.74) is 0.970. The highest BCUT2D eigenvalue weighted by atomic mass is 16.3. The Morgan fingerprint density at radius 3 is 2.96 bits per heavy atom. The highest BCUT2D eigenvalue weighted by molar-refractivity contribution is 5.78. The predicted octanol–water partition coefficient (Wildman–Crippen LogP) is 2.50. The lowest BCUT2D eigenvalue weighted by molar-refractivity contribution is -0.134.